The van der Waals surface area contributed by atoms with E-state index in [4.69, 9.17) is 10.5 Å². The van der Waals surface area contributed by atoms with E-state index in [0.29, 0.717) is 5.92 Å². The van der Waals surface area contributed by atoms with Crippen molar-refractivity contribution in [1.82, 2.24) is 0 Å². The van der Waals surface area contributed by atoms with Crippen LogP contribution in [0.2, 0.25) is 0 Å². The summed E-state index contributed by atoms with van der Waals surface area (Å²) in [4.78, 5) is 0. The lowest BCUT2D eigenvalue weighted by molar-refractivity contribution is -0.0816. The minimum Gasteiger partial charge on any atom is -0.377 e. The van der Waals surface area contributed by atoms with Gasteiger partial charge in [-0.2, -0.15) is 0 Å². The van der Waals surface area contributed by atoms with Crippen LogP contribution >= 0.6 is 0 Å². The molecule has 15 heavy (non-hydrogen) atoms. The van der Waals surface area contributed by atoms with Gasteiger partial charge in [0.15, 0.2) is 0 Å². The van der Waals surface area contributed by atoms with E-state index in [0.717, 1.165) is 25.2 Å². The summed E-state index contributed by atoms with van der Waals surface area (Å²) in [6.45, 7) is 6.76. The van der Waals surface area contributed by atoms with Crippen LogP contribution in [0.5, 0.6) is 0 Å². The molecule has 2 N–H and O–H groups in total. The summed E-state index contributed by atoms with van der Waals surface area (Å²) in [6, 6.07) is 0.190. The van der Waals surface area contributed by atoms with Crippen LogP contribution in [0.4, 0.5) is 0 Å². The quantitative estimate of drug-likeness (QED) is 0.779. The van der Waals surface area contributed by atoms with E-state index >= 15 is 0 Å². The topological polar surface area (TPSA) is 35.2 Å². The van der Waals surface area contributed by atoms with Gasteiger partial charge in [0.25, 0.3) is 0 Å². The van der Waals surface area contributed by atoms with Gasteiger partial charge < -0.3 is 10.5 Å². The highest BCUT2D eigenvalue weighted by Crippen LogP contribution is 2.38. The third-order valence-corrected chi connectivity index (χ3v) is 4.26. The lowest BCUT2D eigenvalue weighted by Crippen LogP contribution is -2.55. The van der Waals surface area contributed by atoms with Gasteiger partial charge in [-0.25, -0.2) is 0 Å². The Morgan fingerprint density at radius 1 is 1.53 bits per heavy atom. The summed E-state index contributed by atoms with van der Waals surface area (Å²) in [7, 11) is 1.83. The van der Waals surface area contributed by atoms with Crippen LogP contribution in [0, 0.1) is 11.8 Å². The molecule has 90 valence electrons. The van der Waals surface area contributed by atoms with Crippen molar-refractivity contribution in [3.63, 3.8) is 0 Å². The molecule has 0 amide bonds. The minimum atomic E-state index is -0.0485. The van der Waals surface area contributed by atoms with Gasteiger partial charge in [0.2, 0.25) is 0 Å². The van der Waals surface area contributed by atoms with E-state index in [-0.39, 0.29) is 11.6 Å². The SMILES string of the molecule is CCC(C)C(N)C1(OC)CCCC(C)C1. The van der Waals surface area contributed by atoms with Gasteiger partial charge in [-0.05, 0) is 24.7 Å². The standard InChI is InChI=1S/C13H27NO/c1-5-11(3)12(14)13(15-4)8-6-7-10(2)9-13/h10-12H,5-9,14H2,1-4H3. The molecule has 0 bridgehead atoms. The molecule has 2 heteroatoms. The maximum absolute atomic E-state index is 6.39. The normalized spacial score (nSPS) is 36.2. The highest BCUT2D eigenvalue weighted by atomic mass is 16.5. The number of hydrogen-bond acceptors (Lipinski definition) is 2. The molecule has 1 saturated carbocycles. The van der Waals surface area contributed by atoms with Crippen LogP contribution < -0.4 is 5.73 Å². The molecular weight excluding hydrogens is 186 g/mol. The fraction of sp³-hybridized carbons (Fsp3) is 1.00. The molecular formula is C13H27NO. The smallest absolute Gasteiger partial charge is 0.0834 e. The molecule has 1 rings (SSSR count). The Bertz CT molecular complexity index is 195. The van der Waals surface area contributed by atoms with Crippen molar-refractivity contribution >= 4 is 0 Å². The van der Waals surface area contributed by atoms with Crippen molar-refractivity contribution in [2.75, 3.05) is 7.11 Å². The van der Waals surface area contributed by atoms with Crippen LogP contribution in [0.3, 0.4) is 0 Å². The minimum absolute atomic E-state index is 0.0485. The zero-order valence-electron chi connectivity index (χ0n) is 10.8. The van der Waals surface area contributed by atoms with Crippen LogP contribution in [-0.2, 0) is 4.74 Å². The van der Waals surface area contributed by atoms with E-state index in [1.165, 1.54) is 12.8 Å². The third-order valence-electron chi connectivity index (χ3n) is 4.26. The zero-order chi connectivity index (χ0) is 11.5. The molecule has 1 fully saturated rings. The first-order chi connectivity index (χ1) is 7.05. The Kier molecular flexibility index (Phi) is 4.60. The second-order valence-electron chi connectivity index (χ2n) is 5.38. The van der Waals surface area contributed by atoms with Crippen molar-refractivity contribution in [3.05, 3.63) is 0 Å². The summed E-state index contributed by atoms with van der Waals surface area (Å²) in [5.41, 5.74) is 6.34. The highest BCUT2D eigenvalue weighted by Gasteiger charge is 2.41. The number of ether oxygens (including phenoxy) is 1. The average molecular weight is 213 g/mol. The zero-order valence-corrected chi connectivity index (χ0v) is 10.8. The summed E-state index contributed by atoms with van der Waals surface area (Å²) < 4.78 is 5.81. The summed E-state index contributed by atoms with van der Waals surface area (Å²) in [6.07, 6.45) is 6.01. The Balaban J connectivity index is 2.74. The van der Waals surface area contributed by atoms with Gasteiger partial charge in [0.1, 0.15) is 0 Å². The molecule has 2 nitrogen and oxygen atoms in total. The first-order valence-corrected chi connectivity index (χ1v) is 6.36. The summed E-state index contributed by atoms with van der Waals surface area (Å²) in [5.74, 6) is 1.31. The average Bonchev–Trinajstić information content (AvgIpc) is 2.26. The number of rotatable bonds is 4. The fourth-order valence-corrected chi connectivity index (χ4v) is 2.94. The Morgan fingerprint density at radius 2 is 2.20 bits per heavy atom. The van der Waals surface area contributed by atoms with E-state index < -0.39 is 0 Å². The van der Waals surface area contributed by atoms with E-state index in [1.807, 2.05) is 7.11 Å². The number of methoxy groups -OCH3 is 1. The monoisotopic (exact) mass is 213 g/mol. The molecule has 1 aliphatic carbocycles. The van der Waals surface area contributed by atoms with Gasteiger partial charge in [0.05, 0.1) is 5.60 Å². The molecule has 0 aromatic rings. The van der Waals surface area contributed by atoms with Gasteiger partial charge in [-0.15, -0.1) is 0 Å². The van der Waals surface area contributed by atoms with Crippen molar-refractivity contribution in [1.29, 1.82) is 0 Å². The molecule has 0 aromatic carbocycles. The third kappa shape index (κ3) is 2.73. The lowest BCUT2D eigenvalue weighted by atomic mass is 9.71. The largest absolute Gasteiger partial charge is 0.377 e. The molecule has 1 aliphatic rings. The Morgan fingerprint density at radius 3 is 2.67 bits per heavy atom. The van der Waals surface area contributed by atoms with Gasteiger partial charge in [0, 0.05) is 13.2 Å². The summed E-state index contributed by atoms with van der Waals surface area (Å²) >= 11 is 0. The first-order valence-electron chi connectivity index (χ1n) is 6.36. The molecule has 4 atom stereocenters. The fourth-order valence-electron chi connectivity index (χ4n) is 2.94. The Labute approximate surface area is 94.6 Å². The van der Waals surface area contributed by atoms with Crippen molar-refractivity contribution in [3.8, 4) is 0 Å². The van der Waals surface area contributed by atoms with Crippen molar-refractivity contribution in [2.45, 2.75) is 64.5 Å². The second kappa shape index (κ2) is 5.31. The van der Waals surface area contributed by atoms with Crippen LogP contribution in [-0.4, -0.2) is 18.8 Å². The van der Waals surface area contributed by atoms with Gasteiger partial charge in [-0.3, -0.25) is 0 Å². The van der Waals surface area contributed by atoms with Crippen molar-refractivity contribution in [2.24, 2.45) is 17.6 Å². The van der Waals surface area contributed by atoms with Crippen LogP contribution in [0.25, 0.3) is 0 Å². The van der Waals surface area contributed by atoms with E-state index in [9.17, 15) is 0 Å². The van der Waals surface area contributed by atoms with Crippen molar-refractivity contribution < 1.29 is 4.74 Å². The molecule has 4 unspecified atom stereocenters. The van der Waals surface area contributed by atoms with Gasteiger partial charge in [-0.1, -0.05) is 40.0 Å². The molecule has 0 spiro atoms. The molecule has 0 heterocycles. The molecule has 0 aromatic heterocycles. The predicted molar refractivity (Wildman–Crippen MR) is 64.8 cm³/mol. The second-order valence-corrected chi connectivity index (χ2v) is 5.38. The maximum Gasteiger partial charge on any atom is 0.0834 e. The van der Waals surface area contributed by atoms with Crippen LogP contribution in [0.15, 0.2) is 0 Å². The molecule has 0 saturated heterocycles. The molecule has 0 radical (unpaired) electrons. The number of nitrogens with two attached hydrogens (primary N) is 1. The van der Waals surface area contributed by atoms with Gasteiger partial charge >= 0.3 is 0 Å². The maximum atomic E-state index is 6.39. The predicted octanol–water partition coefficient (Wildman–Crippen LogP) is 2.96. The highest BCUT2D eigenvalue weighted by molar-refractivity contribution is 4.97. The Hall–Kier alpha value is -0.0800. The van der Waals surface area contributed by atoms with Crippen LogP contribution in [0.1, 0.15) is 52.9 Å². The lowest BCUT2D eigenvalue weighted by Gasteiger charge is -2.45. The first kappa shape index (κ1) is 13.0. The van der Waals surface area contributed by atoms with E-state index in [1.54, 1.807) is 0 Å². The number of hydrogen-bond donors (Lipinski definition) is 1. The summed E-state index contributed by atoms with van der Waals surface area (Å²) in [5, 5.41) is 0. The van der Waals surface area contributed by atoms with E-state index in [2.05, 4.69) is 20.8 Å². The molecule has 0 aliphatic heterocycles.